The van der Waals surface area contributed by atoms with Gasteiger partial charge in [0, 0.05) is 0 Å². The minimum Gasteiger partial charge on any atom is -1.00 e. The Hall–Kier alpha value is 0.697. The summed E-state index contributed by atoms with van der Waals surface area (Å²) in [5.41, 5.74) is 0. The minimum atomic E-state index is -0.986. The summed E-state index contributed by atoms with van der Waals surface area (Å²) in [5, 5.41) is 1.79. The van der Waals surface area contributed by atoms with Crippen LogP contribution in [0.2, 0.25) is 18.1 Å². The molecule has 0 radical (unpaired) electrons. The summed E-state index contributed by atoms with van der Waals surface area (Å²) in [6.45, 7) is 7.12. The normalized spacial score (nSPS) is 15.5. The first-order valence-electron chi connectivity index (χ1n) is 5.15. The van der Waals surface area contributed by atoms with Gasteiger partial charge in [-0.3, -0.25) is 0 Å². The molecule has 0 heterocycles. The Morgan fingerprint density at radius 3 is 2.08 bits per heavy atom. The van der Waals surface area contributed by atoms with Crippen molar-refractivity contribution in [3.8, 4) is 0 Å². The van der Waals surface area contributed by atoms with Crippen LogP contribution < -0.4 is 29.6 Å². The summed E-state index contributed by atoms with van der Waals surface area (Å²) in [6, 6.07) is 4.27. The number of hydrogen-bond acceptors (Lipinski definition) is 0. The Morgan fingerprint density at radius 2 is 1.77 bits per heavy atom. The molecule has 0 saturated carbocycles. The second-order valence-corrected chi connectivity index (χ2v) is 8.99. The maximum atomic E-state index is 2.38. The fraction of sp³-hybridized carbons (Fsp3) is 0.636. The molecule has 1 aliphatic carbocycles. The van der Waals surface area contributed by atoms with Crippen molar-refractivity contribution >= 4 is 8.07 Å². The maximum Gasteiger partial charge on any atom is 1.00 e. The molecule has 0 fully saturated rings. The zero-order valence-electron chi connectivity index (χ0n) is 10.6. The van der Waals surface area contributed by atoms with Gasteiger partial charge < -0.3 is 1.43 Å². The number of allylic oxidation sites excluding steroid dienone is 4. The second kappa shape index (κ2) is 6.23. The summed E-state index contributed by atoms with van der Waals surface area (Å²) >= 11 is 0. The molecular formula is C11H21NaSi. The van der Waals surface area contributed by atoms with Crippen molar-refractivity contribution in [2.75, 3.05) is 0 Å². The van der Waals surface area contributed by atoms with Crippen molar-refractivity contribution in [1.82, 2.24) is 0 Å². The third kappa shape index (κ3) is 2.82. The average Bonchev–Trinajstić information content (AvgIpc) is 2.62. The van der Waals surface area contributed by atoms with Gasteiger partial charge in [-0.25, -0.2) is 0 Å². The molecule has 13 heavy (non-hydrogen) atoms. The maximum absolute atomic E-state index is 2.38. The van der Waals surface area contributed by atoms with Crippen LogP contribution in [0.3, 0.4) is 0 Å². The third-order valence-corrected chi connectivity index (χ3v) is 9.28. The van der Waals surface area contributed by atoms with Crippen LogP contribution >= 0.6 is 0 Å². The van der Waals surface area contributed by atoms with Gasteiger partial charge in [0.15, 0.2) is 0 Å². The topological polar surface area (TPSA) is 0 Å². The Bertz CT molecular complexity index is 199. The van der Waals surface area contributed by atoms with E-state index in [1.165, 1.54) is 24.6 Å². The van der Waals surface area contributed by atoms with Gasteiger partial charge in [-0.05, 0) is 6.42 Å². The van der Waals surface area contributed by atoms with Crippen molar-refractivity contribution in [1.29, 1.82) is 0 Å². The summed E-state index contributed by atoms with van der Waals surface area (Å²) in [5.74, 6) is 0. The van der Waals surface area contributed by atoms with E-state index in [4.69, 9.17) is 0 Å². The average molecular weight is 204 g/mol. The van der Waals surface area contributed by atoms with Crippen LogP contribution in [0.25, 0.3) is 0 Å². The zero-order chi connectivity index (χ0) is 9.03. The third-order valence-electron chi connectivity index (χ3n) is 3.48. The smallest absolute Gasteiger partial charge is 1.00 e. The monoisotopic (exact) mass is 204 g/mol. The van der Waals surface area contributed by atoms with Gasteiger partial charge in [0.2, 0.25) is 0 Å². The predicted molar refractivity (Wildman–Crippen MR) is 60.1 cm³/mol. The first-order chi connectivity index (χ1) is 5.79. The molecule has 0 aromatic rings. The largest absolute Gasteiger partial charge is 1.00 e. The van der Waals surface area contributed by atoms with E-state index in [0.29, 0.717) is 0 Å². The second-order valence-electron chi connectivity index (χ2n) is 3.67. The molecule has 0 N–H and O–H groups in total. The van der Waals surface area contributed by atoms with E-state index in [-0.39, 0.29) is 31.0 Å². The van der Waals surface area contributed by atoms with Gasteiger partial charge in [-0.1, -0.05) is 62.3 Å². The molecule has 0 saturated heterocycles. The van der Waals surface area contributed by atoms with Crippen LogP contribution in [-0.4, -0.2) is 8.07 Å². The van der Waals surface area contributed by atoms with Gasteiger partial charge in [0.05, 0.1) is 8.07 Å². The van der Waals surface area contributed by atoms with Crippen molar-refractivity contribution < 1.29 is 31.0 Å². The SMILES string of the molecule is CC[Si](CC)(CC)C1=CC=CC1.[H-].[Na+]. The van der Waals surface area contributed by atoms with Crippen LogP contribution in [0.4, 0.5) is 0 Å². The van der Waals surface area contributed by atoms with Crippen LogP contribution in [0.15, 0.2) is 23.4 Å². The fourth-order valence-electron chi connectivity index (χ4n) is 2.27. The van der Waals surface area contributed by atoms with Crippen molar-refractivity contribution in [2.45, 2.75) is 45.3 Å². The molecule has 0 aromatic carbocycles. The molecule has 70 valence electrons. The van der Waals surface area contributed by atoms with E-state index < -0.39 is 8.07 Å². The van der Waals surface area contributed by atoms with Crippen molar-refractivity contribution in [2.24, 2.45) is 0 Å². The van der Waals surface area contributed by atoms with Crippen LogP contribution in [0, 0.1) is 0 Å². The molecule has 0 atom stereocenters. The first kappa shape index (κ1) is 13.7. The Balaban J connectivity index is 0. The van der Waals surface area contributed by atoms with E-state index in [9.17, 15) is 0 Å². The van der Waals surface area contributed by atoms with E-state index in [0.717, 1.165) is 0 Å². The van der Waals surface area contributed by atoms with Gasteiger partial charge >= 0.3 is 29.6 Å². The van der Waals surface area contributed by atoms with E-state index in [1.807, 2.05) is 0 Å². The molecule has 0 aliphatic heterocycles. The molecule has 1 rings (SSSR count). The molecule has 1 aliphatic rings. The molecule has 0 unspecified atom stereocenters. The molecule has 2 heteroatoms. The van der Waals surface area contributed by atoms with Gasteiger partial charge in [-0.2, -0.15) is 0 Å². The van der Waals surface area contributed by atoms with Crippen LogP contribution in [-0.2, 0) is 0 Å². The number of rotatable bonds is 4. The summed E-state index contributed by atoms with van der Waals surface area (Å²) < 4.78 is 0. The van der Waals surface area contributed by atoms with E-state index in [2.05, 4.69) is 39.0 Å². The van der Waals surface area contributed by atoms with Gasteiger partial charge in [-0.15, -0.1) is 0 Å². The molecule has 0 spiro atoms. The predicted octanol–water partition coefficient (Wildman–Crippen LogP) is 1.04. The van der Waals surface area contributed by atoms with Crippen LogP contribution in [0.1, 0.15) is 28.6 Å². The minimum absolute atomic E-state index is 0. The quantitative estimate of drug-likeness (QED) is 0.600. The standard InChI is InChI=1S/C11H20Si.Na.H/c1-4-12(5-2,6-3)11-9-7-8-10-11;;/h7-9H,4-6,10H2,1-3H3;;/q;+1;-1. The Labute approximate surface area is 107 Å². The van der Waals surface area contributed by atoms with Crippen molar-refractivity contribution in [3.63, 3.8) is 0 Å². The molecular weight excluding hydrogens is 183 g/mol. The van der Waals surface area contributed by atoms with E-state index in [1.54, 1.807) is 5.20 Å². The summed E-state index contributed by atoms with van der Waals surface area (Å²) in [7, 11) is -0.986. The van der Waals surface area contributed by atoms with Crippen LogP contribution in [0.5, 0.6) is 0 Å². The first-order valence-corrected chi connectivity index (χ1v) is 7.77. The summed E-state index contributed by atoms with van der Waals surface area (Å²) in [4.78, 5) is 0. The van der Waals surface area contributed by atoms with Crippen molar-refractivity contribution in [3.05, 3.63) is 23.4 Å². The Morgan fingerprint density at radius 1 is 1.23 bits per heavy atom. The molecule has 0 aromatic heterocycles. The van der Waals surface area contributed by atoms with Gasteiger partial charge in [0.25, 0.3) is 0 Å². The number of hydrogen-bond donors (Lipinski definition) is 0. The molecule has 0 amide bonds. The molecule has 0 bridgehead atoms. The summed E-state index contributed by atoms with van der Waals surface area (Å²) in [6.07, 6.45) is 8.17. The van der Waals surface area contributed by atoms with Gasteiger partial charge in [0.1, 0.15) is 0 Å². The fourth-order valence-corrected chi connectivity index (χ4v) is 6.13. The van der Waals surface area contributed by atoms with E-state index >= 15 is 0 Å². The Kier molecular flexibility index (Phi) is 6.57. The zero-order valence-corrected chi connectivity index (χ0v) is 12.6. The molecule has 0 nitrogen and oxygen atoms in total.